The van der Waals surface area contributed by atoms with Crippen LogP contribution in [0.2, 0.25) is 5.15 Å². The number of fused-ring (bicyclic) bond motifs is 2. The summed E-state index contributed by atoms with van der Waals surface area (Å²) in [4.78, 5) is 46.8. The highest BCUT2D eigenvalue weighted by molar-refractivity contribution is 6.30. The van der Waals surface area contributed by atoms with E-state index < -0.39 is 5.41 Å². The zero-order valence-corrected chi connectivity index (χ0v) is 23.5. The standard InChI is InChI=1S/C33H28ClFN4O3/c34-30-24(7-4-16-36-30)19-29(40)39-21-33(27-20-25(35)10-13-28(27)39)14-17-38(18-15-33)32(42)23-8-11-26(12-9-23)37-31(41)22-5-2-1-3-6-22/h1-13,16,20H,14-15,17-19,21H2,(H,37,41). The number of carbonyl (C=O) groups is 3. The van der Waals surface area contributed by atoms with Gasteiger partial charge in [-0.1, -0.05) is 35.9 Å². The molecule has 3 heterocycles. The number of hydrogen-bond donors (Lipinski definition) is 1. The Morgan fingerprint density at radius 3 is 2.36 bits per heavy atom. The lowest BCUT2D eigenvalue weighted by molar-refractivity contribution is -0.118. The number of pyridine rings is 1. The molecule has 1 spiro atoms. The van der Waals surface area contributed by atoms with Crippen molar-refractivity contribution in [3.05, 3.63) is 124 Å². The molecule has 9 heteroatoms. The van der Waals surface area contributed by atoms with E-state index in [4.69, 9.17) is 11.6 Å². The number of piperidine rings is 1. The SMILES string of the molecule is O=C(Nc1ccc(C(=O)N2CCC3(CC2)CN(C(=O)Cc2cccnc2Cl)c2ccc(F)cc23)cc1)c1ccccc1. The number of nitrogens with zero attached hydrogens (tertiary/aromatic N) is 3. The number of likely N-dealkylation sites (tertiary alicyclic amines) is 1. The Kier molecular flexibility index (Phi) is 7.47. The van der Waals surface area contributed by atoms with Crippen LogP contribution in [0.1, 0.15) is 44.7 Å². The Labute approximate surface area is 247 Å². The van der Waals surface area contributed by atoms with Crippen LogP contribution in [0.5, 0.6) is 0 Å². The molecule has 2 aliphatic rings. The van der Waals surface area contributed by atoms with Gasteiger partial charge in [-0.25, -0.2) is 9.37 Å². The molecule has 1 N–H and O–H groups in total. The quantitative estimate of drug-likeness (QED) is 0.298. The van der Waals surface area contributed by atoms with Gasteiger partial charge in [0.1, 0.15) is 11.0 Å². The van der Waals surface area contributed by atoms with Crippen molar-refractivity contribution in [3.8, 4) is 0 Å². The first-order valence-electron chi connectivity index (χ1n) is 13.8. The summed E-state index contributed by atoms with van der Waals surface area (Å²) in [7, 11) is 0. The number of amides is 3. The summed E-state index contributed by atoms with van der Waals surface area (Å²) in [6.07, 6.45) is 2.86. The molecule has 0 saturated carbocycles. The van der Waals surface area contributed by atoms with Crippen LogP contribution in [0.15, 0.2) is 91.1 Å². The van der Waals surface area contributed by atoms with Gasteiger partial charge >= 0.3 is 0 Å². The number of benzene rings is 3. The summed E-state index contributed by atoms with van der Waals surface area (Å²) >= 11 is 6.20. The maximum Gasteiger partial charge on any atom is 0.255 e. The fourth-order valence-corrected chi connectivity index (χ4v) is 6.10. The summed E-state index contributed by atoms with van der Waals surface area (Å²) in [6, 6.07) is 23.8. The third kappa shape index (κ3) is 5.37. The van der Waals surface area contributed by atoms with Gasteiger partial charge in [0.05, 0.1) is 6.42 Å². The van der Waals surface area contributed by atoms with Gasteiger partial charge in [-0.3, -0.25) is 14.4 Å². The highest BCUT2D eigenvalue weighted by Crippen LogP contribution is 2.47. The highest BCUT2D eigenvalue weighted by atomic mass is 35.5. The molecule has 0 unspecified atom stereocenters. The highest BCUT2D eigenvalue weighted by Gasteiger charge is 2.47. The van der Waals surface area contributed by atoms with Gasteiger partial charge in [-0.15, -0.1) is 0 Å². The first-order valence-corrected chi connectivity index (χ1v) is 14.2. The molecule has 212 valence electrons. The average Bonchev–Trinajstić information content (AvgIpc) is 3.32. The van der Waals surface area contributed by atoms with Crippen molar-refractivity contribution in [3.63, 3.8) is 0 Å². The molecule has 6 rings (SSSR count). The van der Waals surface area contributed by atoms with Crippen LogP contribution in [0.25, 0.3) is 0 Å². The Morgan fingerprint density at radius 2 is 1.64 bits per heavy atom. The molecule has 4 aromatic rings. The number of nitrogens with one attached hydrogen (secondary N) is 1. The second-order valence-corrected chi connectivity index (χ2v) is 11.1. The summed E-state index contributed by atoms with van der Waals surface area (Å²) in [6.45, 7) is 1.36. The largest absolute Gasteiger partial charge is 0.339 e. The van der Waals surface area contributed by atoms with Crippen LogP contribution in [0.4, 0.5) is 15.8 Å². The van der Waals surface area contributed by atoms with Gasteiger partial charge < -0.3 is 15.1 Å². The maximum absolute atomic E-state index is 14.4. The molecule has 0 atom stereocenters. The Morgan fingerprint density at radius 1 is 0.905 bits per heavy atom. The number of hydrogen-bond acceptors (Lipinski definition) is 4. The van der Waals surface area contributed by atoms with Gasteiger partial charge in [0.2, 0.25) is 5.91 Å². The topological polar surface area (TPSA) is 82.6 Å². The average molecular weight is 583 g/mol. The van der Waals surface area contributed by atoms with Crippen molar-refractivity contribution in [2.24, 2.45) is 0 Å². The van der Waals surface area contributed by atoms with E-state index in [-0.39, 0.29) is 35.1 Å². The van der Waals surface area contributed by atoms with Crippen molar-refractivity contribution < 1.29 is 18.8 Å². The summed E-state index contributed by atoms with van der Waals surface area (Å²) in [5.41, 5.74) is 3.36. The number of halogens is 2. The van der Waals surface area contributed by atoms with Crippen molar-refractivity contribution in [2.45, 2.75) is 24.7 Å². The molecular formula is C33H28ClFN4O3. The minimum absolute atomic E-state index is 0.0893. The molecule has 42 heavy (non-hydrogen) atoms. The molecule has 3 amide bonds. The zero-order valence-electron chi connectivity index (χ0n) is 22.7. The predicted octanol–water partition coefficient (Wildman–Crippen LogP) is 5.89. The fraction of sp³-hybridized carbons (Fsp3) is 0.212. The molecule has 0 bridgehead atoms. The number of carbonyl (C=O) groups excluding carboxylic acids is 3. The van der Waals surface area contributed by atoms with Crippen molar-refractivity contribution in [1.82, 2.24) is 9.88 Å². The van der Waals surface area contributed by atoms with Gasteiger partial charge in [-0.2, -0.15) is 0 Å². The van der Waals surface area contributed by atoms with Crippen LogP contribution in [0, 0.1) is 5.82 Å². The van der Waals surface area contributed by atoms with E-state index in [9.17, 15) is 18.8 Å². The molecule has 1 fully saturated rings. The van der Waals surface area contributed by atoms with E-state index in [0.717, 1.165) is 5.56 Å². The van der Waals surface area contributed by atoms with Crippen molar-refractivity contribution >= 4 is 40.7 Å². The lowest BCUT2D eigenvalue weighted by Gasteiger charge is -2.40. The van der Waals surface area contributed by atoms with E-state index >= 15 is 0 Å². The maximum atomic E-state index is 14.4. The van der Waals surface area contributed by atoms with Crippen molar-refractivity contribution in [2.75, 3.05) is 29.9 Å². The summed E-state index contributed by atoms with van der Waals surface area (Å²) in [5.74, 6) is -0.814. The summed E-state index contributed by atoms with van der Waals surface area (Å²) < 4.78 is 14.4. The zero-order chi connectivity index (χ0) is 29.3. The van der Waals surface area contributed by atoms with Gasteiger partial charge in [0.15, 0.2) is 0 Å². The van der Waals surface area contributed by atoms with Gasteiger partial charge in [0, 0.05) is 53.7 Å². The molecule has 7 nitrogen and oxygen atoms in total. The molecule has 0 aliphatic carbocycles. The van der Waals surface area contributed by atoms with Crippen LogP contribution >= 0.6 is 11.6 Å². The van der Waals surface area contributed by atoms with Crippen LogP contribution in [-0.2, 0) is 16.6 Å². The van der Waals surface area contributed by atoms with Crippen LogP contribution in [-0.4, -0.2) is 47.2 Å². The lowest BCUT2D eigenvalue weighted by atomic mass is 9.74. The first-order chi connectivity index (χ1) is 20.3. The molecule has 0 radical (unpaired) electrons. The minimum Gasteiger partial charge on any atom is -0.339 e. The van der Waals surface area contributed by atoms with E-state index in [1.165, 1.54) is 12.1 Å². The third-order valence-corrected chi connectivity index (χ3v) is 8.53. The third-order valence-electron chi connectivity index (χ3n) is 8.19. The smallest absolute Gasteiger partial charge is 0.255 e. The second kappa shape index (κ2) is 11.4. The van der Waals surface area contributed by atoms with E-state index in [1.807, 2.05) is 6.07 Å². The van der Waals surface area contributed by atoms with E-state index in [2.05, 4.69) is 10.3 Å². The number of anilines is 2. The minimum atomic E-state index is -0.450. The number of aromatic nitrogens is 1. The normalized spacial score (nSPS) is 15.4. The Bertz CT molecular complexity index is 1650. The predicted molar refractivity (Wildman–Crippen MR) is 159 cm³/mol. The van der Waals surface area contributed by atoms with Gasteiger partial charge in [0.25, 0.3) is 11.8 Å². The van der Waals surface area contributed by atoms with Crippen LogP contribution in [0.3, 0.4) is 0 Å². The monoisotopic (exact) mass is 582 g/mol. The van der Waals surface area contributed by atoms with Gasteiger partial charge in [-0.05, 0) is 84.6 Å². The molecule has 1 saturated heterocycles. The molecular weight excluding hydrogens is 555 g/mol. The fourth-order valence-electron chi connectivity index (χ4n) is 5.91. The molecule has 2 aliphatic heterocycles. The lowest BCUT2D eigenvalue weighted by Crippen LogP contribution is -2.48. The Hall–Kier alpha value is -4.56. The molecule has 1 aromatic heterocycles. The summed E-state index contributed by atoms with van der Waals surface area (Å²) in [5, 5.41) is 3.13. The van der Waals surface area contributed by atoms with Crippen LogP contribution < -0.4 is 10.2 Å². The second-order valence-electron chi connectivity index (χ2n) is 10.7. The number of rotatable bonds is 5. The van der Waals surface area contributed by atoms with Crippen molar-refractivity contribution in [1.29, 1.82) is 0 Å². The molecule has 3 aromatic carbocycles. The van der Waals surface area contributed by atoms with E-state index in [1.54, 1.807) is 82.7 Å². The first kappa shape index (κ1) is 27.6. The Balaban J connectivity index is 1.13. The van der Waals surface area contributed by atoms with E-state index in [0.29, 0.717) is 60.5 Å².